The second kappa shape index (κ2) is 5.09. The smallest absolute Gasteiger partial charge is 0.0738 e. The first kappa shape index (κ1) is 12.4. The summed E-state index contributed by atoms with van der Waals surface area (Å²) < 4.78 is 3.27. The number of halogens is 2. The minimum absolute atomic E-state index is 0.354. The number of hydrogen-bond donors (Lipinski definition) is 0. The molecule has 2 atom stereocenters. The van der Waals surface area contributed by atoms with Gasteiger partial charge in [0.2, 0.25) is 0 Å². The fourth-order valence-corrected chi connectivity index (χ4v) is 3.35. The van der Waals surface area contributed by atoms with Crippen molar-refractivity contribution in [3.8, 4) is 0 Å². The molecule has 0 saturated heterocycles. The zero-order valence-corrected chi connectivity index (χ0v) is 12.2. The summed E-state index contributed by atoms with van der Waals surface area (Å²) in [7, 11) is 0. The molecule has 1 heterocycles. The molecule has 1 aliphatic carbocycles. The Morgan fingerprint density at radius 3 is 2.81 bits per heavy atom. The van der Waals surface area contributed by atoms with Crippen molar-refractivity contribution < 1.29 is 0 Å². The molecule has 0 spiro atoms. The summed E-state index contributed by atoms with van der Waals surface area (Å²) in [5.41, 5.74) is 2.40. The molecule has 1 aliphatic rings. The lowest BCUT2D eigenvalue weighted by Crippen LogP contribution is -2.14. The summed E-state index contributed by atoms with van der Waals surface area (Å²) in [6, 6.07) is 0. The number of nitrogens with zero attached hydrogens (tertiary/aromatic N) is 2. The molecule has 1 saturated carbocycles. The molecule has 2 rings (SSSR count). The Balaban J connectivity index is 2.19. The Kier molecular flexibility index (Phi) is 3.96. The quantitative estimate of drug-likeness (QED) is 0.774. The normalized spacial score (nSPS) is 25.2. The van der Waals surface area contributed by atoms with Crippen molar-refractivity contribution in [1.82, 2.24) is 9.78 Å². The maximum Gasteiger partial charge on any atom is 0.0738 e. The largest absolute Gasteiger partial charge is 0.268 e. The highest BCUT2D eigenvalue weighted by Crippen LogP contribution is 2.34. The van der Waals surface area contributed by atoms with E-state index in [2.05, 4.69) is 32.6 Å². The van der Waals surface area contributed by atoms with Crippen LogP contribution in [0.25, 0.3) is 0 Å². The molecule has 0 aromatic carbocycles. The summed E-state index contributed by atoms with van der Waals surface area (Å²) >= 11 is 9.98. The third kappa shape index (κ3) is 2.30. The molecule has 0 radical (unpaired) electrons. The summed E-state index contributed by atoms with van der Waals surface area (Å²) in [4.78, 5) is 0. The summed E-state index contributed by atoms with van der Waals surface area (Å²) in [6.45, 7) is 5.11. The van der Waals surface area contributed by atoms with Gasteiger partial charge in [-0.3, -0.25) is 4.68 Å². The van der Waals surface area contributed by atoms with Crippen LogP contribution in [-0.2, 0) is 13.0 Å². The molecule has 0 amide bonds. The van der Waals surface area contributed by atoms with Crippen molar-refractivity contribution in [1.29, 1.82) is 0 Å². The van der Waals surface area contributed by atoms with Crippen LogP contribution in [0.3, 0.4) is 0 Å². The Hall–Kier alpha value is -0.0200. The van der Waals surface area contributed by atoms with Gasteiger partial charge in [0.05, 0.1) is 15.9 Å². The maximum absolute atomic E-state index is 6.34. The number of hydrogen-bond acceptors (Lipinski definition) is 1. The minimum atomic E-state index is 0.354. The van der Waals surface area contributed by atoms with Crippen LogP contribution in [0.5, 0.6) is 0 Å². The average molecular weight is 306 g/mol. The first-order valence-corrected chi connectivity index (χ1v) is 7.22. The topological polar surface area (TPSA) is 17.8 Å². The Morgan fingerprint density at radius 1 is 1.50 bits per heavy atom. The van der Waals surface area contributed by atoms with Crippen molar-refractivity contribution in [2.24, 2.45) is 5.92 Å². The summed E-state index contributed by atoms with van der Waals surface area (Å²) in [5, 5.41) is 4.88. The molecule has 16 heavy (non-hydrogen) atoms. The zero-order chi connectivity index (χ0) is 11.7. The molecule has 4 heteroatoms. The zero-order valence-electron chi connectivity index (χ0n) is 9.84. The fourth-order valence-electron chi connectivity index (χ4n) is 2.53. The predicted molar refractivity (Wildman–Crippen MR) is 71.0 cm³/mol. The second-order valence-corrected chi connectivity index (χ2v) is 5.93. The second-order valence-electron chi connectivity index (χ2n) is 4.57. The molecule has 2 nitrogen and oxygen atoms in total. The van der Waals surface area contributed by atoms with Crippen molar-refractivity contribution in [2.45, 2.75) is 51.5 Å². The van der Waals surface area contributed by atoms with Gasteiger partial charge in [-0.05, 0) is 55.0 Å². The Labute approximate surface area is 110 Å². The van der Waals surface area contributed by atoms with Gasteiger partial charge in [0.1, 0.15) is 0 Å². The van der Waals surface area contributed by atoms with Gasteiger partial charge in [-0.25, -0.2) is 0 Å². The van der Waals surface area contributed by atoms with E-state index >= 15 is 0 Å². The van der Waals surface area contributed by atoms with Crippen LogP contribution < -0.4 is 0 Å². The van der Waals surface area contributed by atoms with Gasteiger partial charge in [-0.1, -0.05) is 6.42 Å². The Bertz CT molecular complexity index is 375. The van der Waals surface area contributed by atoms with E-state index in [9.17, 15) is 0 Å². The number of aryl methyl sites for hydroxylation is 2. The van der Waals surface area contributed by atoms with Crippen molar-refractivity contribution in [2.75, 3.05) is 0 Å². The van der Waals surface area contributed by atoms with Crippen LogP contribution in [0.4, 0.5) is 0 Å². The van der Waals surface area contributed by atoms with E-state index in [1.54, 1.807) is 0 Å². The highest BCUT2D eigenvalue weighted by molar-refractivity contribution is 9.10. The predicted octanol–water partition coefficient (Wildman–Crippen LogP) is 3.92. The van der Waals surface area contributed by atoms with Crippen molar-refractivity contribution in [3.63, 3.8) is 0 Å². The third-order valence-corrected chi connectivity index (χ3v) is 5.08. The first-order chi connectivity index (χ1) is 7.63. The van der Waals surface area contributed by atoms with Gasteiger partial charge >= 0.3 is 0 Å². The van der Waals surface area contributed by atoms with Gasteiger partial charge in [0.25, 0.3) is 0 Å². The first-order valence-electron chi connectivity index (χ1n) is 5.99. The molecule has 1 aromatic heterocycles. The average Bonchev–Trinajstić information content (AvgIpc) is 2.78. The van der Waals surface area contributed by atoms with E-state index in [-0.39, 0.29) is 0 Å². The van der Waals surface area contributed by atoms with Crippen LogP contribution in [0.2, 0.25) is 0 Å². The van der Waals surface area contributed by atoms with Gasteiger partial charge in [0.15, 0.2) is 0 Å². The van der Waals surface area contributed by atoms with E-state index in [0.29, 0.717) is 11.3 Å². The molecule has 1 aromatic rings. The van der Waals surface area contributed by atoms with Gasteiger partial charge in [-0.2, -0.15) is 5.10 Å². The summed E-state index contributed by atoms with van der Waals surface area (Å²) in [6.07, 6.45) is 4.76. The van der Waals surface area contributed by atoms with Crippen LogP contribution in [-0.4, -0.2) is 15.2 Å². The van der Waals surface area contributed by atoms with Crippen LogP contribution in [0.1, 0.15) is 37.6 Å². The SMILES string of the molecule is CCn1nc(C)c(Br)c1CC1CCCC1Cl. The van der Waals surface area contributed by atoms with Crippen LogP contribution in [0.15, 0.2) is 4.47 Å². The monoisotopic (exact) mass is 304 g/mol. The van der Waals surface area contributed by atoms with Gasteiger partial charge in [0, 0.05) is 11.9 Å². The van der Waals surface area contributed by atoms with Crippen molar-refractivity contribution in [3.05, 3.63) is 15.9 Å². The van der Waals surface area contributed by atoms with E-state index < -0.39 is 0 Å². The third-order valence-electron chi connectivity index (χ3n) is 3.47. The van der Waals surface area contributed by atoms with E-state index in [0.717, 1.165) is 18.7 Å². The van der Waals surface area contributed by atoms with Gasteiger partial charge in [-0.15, -0.1) is 11.6 Å². The van der Waals surface area contributed by atoms with E-state index in [4.69, 9.17) is 11.6 Å². The number of alkyl halides is 1. The number of aromatic nitrogens is 2. The maximum atomic E-state index is 6.34. The highest BCUT2D eigenvalue weighted by atomic mass is 79.9. The number of rotatable bonds is 3. The molecule has 0 N–H and O–H groups in total. The van der Waals surface area contributed by atoms with Crippen molar-refractivity contribution >= 4 is 27.5 Å². The standard InChI is InChI=1S/C12H18BrClN2/c1-3-16-11(12(13)8(2)15-16)7-9-5-4-6-10(9)14/h9-10H,3-7H2,1-2H3. The summed E-state index contributed by atoms with van der Waals surface area (Å²) in [5.74, 6) is 0.624. The lowest BCUT2D eigenvalue weighted by molar-refractivity contribution is 0.510. The highest BCUT2D eigenvalue weighted by Gasteiger charge is 2.27. The molecule has 2 unspecified atom stereocenters. The van der Waals surface area contributed by atoms with Gasteiger partial charge < -0.3 is 0 Å². The molecular formula is C12H18BrClN2. The lowest BCUT2D eigenvalue weighted by atomic mass is 10.0. The molecular weight excluding hydrogens is 288 g/mol. The van der Waals surface area contributed by atoms with E-state index in [1.165, 1.54) is 29.4 Å². The van der Waals surface area contributed by atoms with Crippen LogP contribution >= 0.6 is 27.5 Å². The molecule has 0 bridgehead atoms. The molecule has 1 fully saturated rings. The minimum Gasteiger partial charge on any atom is -0.268 e. The van der Waals surface area contributed by atoms with E-state index in [1.807, 2.05) is 6.92 Å². The van der Waals surface area contributed by atoms with Crippen LogP contribution in [0, 0.1) is 12.8 Å². The fraction of sp³-hybridized carbons (Fsp3) is 0.750. The molecule has 90 valence electrons. The Morgan fingerprint density at radius 2 is 2.25 bits per heavy atom. The lowest BCUT2D eigenvalue weighted by Gasteiger charge is -2.14. The molecule has 0 aliphatic heterocycles.